The number of anilines is 1. The van der Waals surface area contributed by atoms with E-state index >= 15 is 0 Å². The lowest BCUT2D eigenvalue weighted by Gasteiger charge is -2.36. The Bertz CT molecular complexity index is 667. The third-order valence-electron chi connectivity index (χ3n) is 4.56. The quantitative estimate of drug-likeness (QED) is 0.789. The SMILES string of the molecule is COc1ccc(N2CCN(C[C@H](O)COc3ccc(O)cc3)CC2)cc1. The van der Waals surface area contributed by atoms with Crippen LogP contribution < -0.4 is 14.4 Å². The van der Waals surface area contributed by atoms with Crippen LogP contribution in [0, 0.1) is 0 Å². The van der Waals surface area contributed by atoms with Crippen molar-refractivity contribution in [2.45, 2.75) is 6.10 Å². The Labute approximate surface area is 154 Å². The molecule has 0 bridgehead atoms. The van der Waals surface area contributed by atoms with Gasteiger partial charge in [0.15, 0.2) is 0 Å². The first-order chi connectivity index (χ1) is 12.6. The lowest BCUT2D eigenvalue weighted by Crippen LogP contribution is -2.49. The van der Waals surface area contributed by atoms with Crippen molar-refractivity contribution in [2.75, 3.05) is 51.3 Å². The molecule has 3 rings (SSSR count). The van der Waals surface area contributed by atoms with Crippen LogP contribution in [0.3, 0.4) is 0 Å². The van der Waals surface area contributed by atoms with Gasteiger partial charge in [0.2, 0.25) is 0 Å². The smallest absolute Gasteiger partial charge is 0.119 e. The molecular weight excluding hydrogens is 332 g/mol. The highest BCUT2D eigenvalue weighted by atomic mass is 16.5. The highest BCUT2D eigenvalue weighted by Crippen LogP contribution is 2.20. The molecule has 140 valence electrons. The lowest BCUT2D eigenvalue weighted by atomic mass is 10.2. The molecule has 2 aromatic carbocycles. The van der Waals surface area contributed by atoms with Crippen LogP contribution in [0.25, 0.3) is 0 Å². The zero-order valence-electron chi connectivity index (χ0n) is 15.0. The third kappa shape index (κ3) is 5.03. The van der Waals surface area contributed by atoms with Crippen LogP contribution in [0.15, 0.2) is 48.5 Å². The van der Waals surface area contributed by atoms with E-state index in [4.69, 9.17) is 9.47 Å². The second-order valence-electron chi connectivity index (χ2n) is 6.44. The van der Waals surface area contributed by atoms with Gasteiger partial charge in [0.05, 0.1) is 7.11 Å². The minimum atomic E-state index is -0.545. The predicted octanol–water partition coefficient (Wildman–Crippen LogP) is 1.96. The number of hydrogen-bond acceptors (Lipinski definition) is 6. The molecule has 0 unspecified atom stereocenters. The summed E-state index contributed by atoms with van der Waals surface area (Å²) in [7, 11) is 1.67. The Kier molecular flexibility index (Phi) is 6.20. The summed E-state index contributed by atoms with van der Waals surface area (Å²) in [4.78, 5) is 4.60. The highest BCUT2D eigenvalue weighted by Gasteiger charge is 2.19. The first-order valence-electron chi connectivity index (χ1n) is 8.85. The molecular formula is C20H26N2O4. The maximum absolute atomic E-state index is 10.2. The van der Waals surface area contributed by atoms with Gasteiger partial charge in [-0.1, -0.05) is 0 Å². The molecule has 6 nitrogen and oxygen atoms in total. The van der Waals surface area contributed by atoms with E-state index in [0.717, 1.165) is 31.9 Å². The normalized spacial score (nSPS) is 16.3. The summed E-state index contributed by atoms with van der Waals surface area (Å²) in [6.45, 7) is 4.50. The molecule has 1 aliphatic heterocycles. The highest BCUT2D eigenvalue weighted by molar-refractivity contribution is 5.49. The number of β-amino-alcohol motifs (C(OH)–C–C–N with tert-alkyl or cyclic N) is 1. The molecule has 1 aliphatic rings. The van der Waals surface area contributed by atoms with Crippen LogP contribution in [0.2, 0.25) is 0 Å². The van der Waals surface area contributed by atoms with Gasteiger partial charge in [0.1, 0.15) is 30.0 Å². The van der Waals surface area contributed by atoms with Crippen LogP contribution in [0.5, 0.6) is 17.2 Å². The van der Waals surface area contributed by atoms with Crippen LogP contribution in [-0.4, -0.2) is 67.7 Å². The Morgan fingerprint density at radius 2 is 1.54 bits per heavy atom. The summed E-state index contributed by atoms with van der Waals surface area (Å²) in [5.41, 5.74) is 1.20. The maximum Gasteiger partial charge on any atom is 0.119 e. The van der Waals surface area contributed by atoms with E-state index in [2.05, 4.69) is 21.9 Å². The first kappa shape index (κ1) is 18.4. The monoisotopic (exact) mass is 358 g/mol. The summed E-state index contributed by atoms with van der Waals surface area (Å²) in [6, 6.07) is 14.6. The zero-order chi connectivity index (χ0) is 18.4. The van der Waals surface area contributed by atoms with E-state index < -0.39 is 6.10 Å². The van der Waals surface area contributed by atoms with Crippen LogP contribution in [0.1, 0.15) is 0 Å². The van der Waals surface area contributed by atoms with Gasteiger partial charge in [0, 0.05) is 38.4 Å². The van der Waals surface area contributed by atoms with Gasteiger partial charge >= 0.3 is 0 Å². The van der Waals surface area contributed by atoms with E-state index in [-0.39, 0.29) is 12.4 Å². The molecule has 1 atom stereocenters. The number of piperazine rings is 1. The fraction of sp³-hybridized carbons (Fsp3) is 0.400. The predicted molar refractivity (Wildman–Crippen MR) is 101 cm³/mol. The van der Waals surface area contributed by atoms with Gasteiger partial charge in [-0.25, -0.2) is 0 Å². The summed E-state index contributed by atoms with van der Waals surface area (Å²) in [5, 5.41) is 19.5. The average Bonchev–Trinajstić information content (AvgIpc) is 2.68. The van der Waals surface area contributed by atoms with Crippen LogP contribution >= 0.6 is 0 Å². The van der Waals surface area contributed by atoms with E-state index in [1.807, 2.05) is 12.1 Å². The number of methoxy groups -OCH3 is 1. The standard InChI is InChI=1S/C20H26N2O4/c1-25-19-6-2-16(3-7-19)22-12-10-21(11-13-22)14-18(24)15-26-20-8-4-17(23)5-9-20/h2-9,18,23-24H,10-15H2,1H3/t18-/m0/s1. The Balaban J connectivity index is 1.40. The van der Waals surface area contributed by atoms with Gasteiger partial charge in [-0.3, -0.25) is 4.90 Å². The van der Waals surface area contributed by atoms with Crippen LogP contribution in [-0.2, 0) is 0 Å². The minimum Gasteiger partial charge on any atom is -0.508 e. The van der Waals surface area contributed by atoms with Gasteiger partial charge < -0.3 is 24.6 Å². The minimum absolute atomic E-state index is 0.202. The summed E-state index contributed by atoms with van der Waals surface area (Å²) in [6.07, 6.45) is -0.545. The molecule has 2 N–H and O–H groups in total. The van der Waals surface area contributed by atoms with Crippen LogP contribution in [0.4, 0.5) is 5.69 Å². The summed E-state index contributed by atoms with van der Waals surface area (Å²) >= 11 is 0. The number of phenols is 1. The van der Waals surface area contributed by atoms with Gasteiger partial charge in [-0.05, 0) is 48.5 Å². The molecule has 1 saturated heterocycles. The number of nitrogens with zero attached hydrogens (tertiary/aromatic N) is 2. The zero-order valence-corrected chi connectivity index (χ0v) is 15.0. The topological polar surface area (TPSA) is 65.4 Å². The number of rotatable bonds is 7. The number of benzene rings is 2. The van der Waals surface area contributed by atoms with Crippen molar-refractivity contribution in [1.29, 1.82) is 0 Å². The van der Waals surface area contributed by atoms with Gasteiger partial charge in [-0.15, -0.1) is 0 Å². The van der Waals surface area contributed by atoms with E-state index in [1.54, 1.807) is 31.4 Å². The number of hydrogen-bond donors (Lipinski definition) is 2. The number of aromatic hydroxyl groups is 1. The Hall–Kier alpha value is -2.44. The summed E-state index contributed by atoms with van der Waals surface area (Å²) in [5.74, 6) is 1.71. The van der Waals surface area contributed by atoms with Crippen molar-refractivity contribution < 1.29 is 19.7 Å². The Morgan fingerprint density at radius 1 is 0.923 bits per heavy atom. The Morgan fingerprint density at radius 3 is 2.15 bits per heavy atom. The van der Waals surface area contributed by atoms with Crippen molar-refractivity contribution in [3.8, 4) is 17.2 Å². The molecule has 1 fully saturated rings. The molecule has 0 radical (unpaired) electrons. The van der Waals surface area contributed by atoms with Crippen molar-refractivity contribution in [1.82, 2.24) is 4.90 Å². The molecule has 0 spiro atoms. The number of ether oxygens (including phenoxy) is 2. The molecule has 0 amide bonds. The largest absolute Gasteiger partial charge is 0.508 e. The van der Waals surface area contributed by atoms with Crippen molar-refractivity contribution in [3.05, 3.63) is 48.5 Å². The molecule has 0 aromatic heterocycles. The molecule has 1 heterocycles. The van der Waals surface area contributed by atoms with Crippen molar-refractivity contribution in [2.24, 2.45) is 0 Å². The number of phenolic OH excluding ortho intramolecular Hbond substituents is 1. The molecule has 0 aliphatic carbocycles. The third-order valence-corrected chi connectivity index (χ3v) is 4.56. The molecule has 0 saturated carbocycles. The number of aliphatic hydroxyl groups excluding tert-OH is 1. The van der Waals surface area contributed by atoms with E-state index in [1.165, 1.54) is 5.69 Å². The fourth-order valence-corrected chi connectivity index (χ4v) is 3.07. The lowest BCUT2D eigenvalue weighted by molar-refractivity contribution is 0.0663. The van der Waals surface area contributed by atoms with Gasteiger partial charge in [0.25, 0.3) is 0 Å². The first-order valence-corrected chi connectivity index (χ1v) is 8.85. The second kappa shape index (κ2) is 8.78. The van der Waals surface area contributed by atoms with Crippen molar-refractivity contribution >= 4 is 5.69 Å². The summed E-state index contributed by atoms with van der Waals surface area (Å²) < 4.78 is 10.8. The number of aliphatic hydroxyl groups is 1. The molecule has 26 heavy (non-hydrogen) atoms. The van der Waals surface area contributed by atoms with E-state index in [9.17, 15) is 10.2 Å². The van der Waals surface area contributed by atoms with Gasteiger partial charge in [-0.2, -0.15) is 0 Å². The molecule has 2 aromatic rings. The second-order valence-corrected chi connectivity index (χ2v) is 6.44. The maximum atomic E-state index is 10.2. The van der Waals surface area contributed by atoms with Crippen molar-refractivity contribution in [3.63, 3.8) is 0 Å². The molecule has 6 heteroatoms. The fourth-order valence-electron chi connectivity index (χ4n) is 3.07. The van der Waals surface area contributed by atoms with E-state index in [0.29, 0.717) is 12.3 Å². The average molecular weight is 358 g/mol.